The SMILES string of the molecule is O=C(O)CCCc1cccc(NC(=O)CN2N=C(C3CCCCC3)c3ccccc3N(CC(=O)C3CCCC3)C2=O)c1. The molecule has 0 aromatic heterocycles. The van der Waals surface area contributed by atoms with Crippen LogP contribution < -0.4 is 10.2 Å². The normalized spacial score (nSPS) is 17.9. The molecule has 3 amide bonds. The number of carboxylic acid groups (broad SMARTS) is 1. The van der Waals surface area contributed by atoms with Crippen LogP contribution in [-0.2, 0) is 20.8 Å². The van der Waals surface area contributed by atoms with Gasteiger partial charge in [0.2, 0.25) is 5.91 Å². The third-order valence-electron chi connectivity index (χ3n) is 8.63. The summed E-state index contributed by atoms with van der Waals surface area (Å²) < 4.78 is 0. The Morgan fingerprint density at radius 2 is 1.64 bits per heavy atom. The van der Waals surface area contributed by atoms with Gasteiger partial charge in [-0.05, 0) is 62.3 Å². The number of Topliss-reactive ketones (excluding diaryl/α,β-unsaturated/α-hetero) is 1. The number of hydrazone groups is 1. The highest BCUT2D eigenvalue weighted by molar-refractivity contribution is 6.13. The van der Waals surface area contributed by atoms with E-state index in [2.05, 4.69) is 5.32 Å². The van der Waals surface area contributed by atoms with Gasteiger partial charge in [-0.1, -0.05) is 62.4 Å². The van der Waals surface area contributed by atoms with E-state index in [1.54, 1.807) is 6.07 Å². The number of para-hydroxylation sites is 1. The molecule has 9 nitrogen and oxygen atoms in total. The van der Waals surface area contributed by atoms with Gasteiger partial charge in [-0.2, -0.15) is 5.10 Å². The second-order valence-electron chi connectivity index (χ2n) is 11.7. The zero-order valence-corrected chi connectivity index (χ0v) is 24.1. The van der Waals surface area contributed by atoms with E-state index >= 15 is 0 Å². The number of anilines is 2. The first-order chi connectivity index (χ1) is 20.4. The Morgan fingerprint density at radius 1 is 0.905 bits per heavy atom. The molecule has 0 radical (unpaired) electrons. The van der Waals surface area contributed by atoms with E-state index in [4.69, 9.17) is 10.2 Å². The van der Waals surface area contributed by atoms with Crippen molar-refractivity contribution in [3.05, 3.63) is 59.7 Å². The summed E-state index contributed by atoms with van der Waals surface area (Å²) in [5, 5.41) is 17.9. The van der Waals surface area contributed by atoms with Gasteiger partial charge >= 0.3 is 12.0 Å². The van der Waals surface area contributed by atoms with Crippen LogP contribution in [0.2, 0.25) is 0 Å². The number of hydrogen-bond donors (Lipinski definition) is 2. The minimum atomic E-state index is -0.837. The van der Waals surface area contributed by atoms with Crippen molar-refractivity contribution in [2.75, 3.05) is 23.3 Å². The molecule has 5 rings (SSSR count). The summed E-state index contributed by atoms with van der Waals surface area (Å²) in [5.41, 5.74) is 3.83. The number of nitrogens with one attached hydrogen (secondary N) is 1. The van der Waals surface area contributed by atoms with E-state index in [0.717, 1.165) is 68.2 Å². The lowest BCUT2D eigenvalue weighted by molar-refractivity contribution is -0.137. The van der Waals surface area contributed by atoms with Crippen molar-refractivity contribution >= 4 is 40.8 Å². The van der Waals surface area contributed by atoms with Gasteiger partial charge in [0.05, 0.1) is 17.9 Å². The third kappa shape index (κ3) is 7.24. The molecule has 0 spiro atoms. The van der Waals surface area contributed by atoms with Crippen LogP contribution in [0.4, 0.5) is 16.2 Å². The van der Waals surface area contributed by atoms with Crippen LogP contribution in [0.5, 0.6) is 0 Å². The minimum absolute atomic E-state index is 0.0357. The van der Waals surface area contributed by atoms with Gasteiger partial charge < -0.3 is 10.4 Å². The monoisotopic (exact) mass is 572 g/mol. The first-order valence-corrected chi connectivity index (χ1v) is 15.3. The highest BCUT2D eigenvalue weighted by atomic mass is 16.4. The van der Waals surface area contributed by atoms with Crippen LogP contribution in [0.1, 0.15) is 81.8 Å². The molecule has 1 aliphatic heterocycles. The molecule has 3 aliphatic rings. The summed E-state index contributed by atoms with van der Waals surface area (Å²) >= 11 is 0. The maximum absolute atomic E-state index is 14.1. The number of nitrogens with zero attached hydrogens (tertiary/aromatic N) is 3. The van der Waals surface area contributed by atoms with E-state index in [-0.39, 0.29) is 37.1 Å². The van der Waals surface area contributed by atoms with Gasteiger partial charge in [-0.3, -0.25) is 19.3 Å². The number of carbonyl (C=O) groups is 4. The molecule has 2 aromatic rings. The highest BCUT2D eigenvalue weighted by Crippen LogP contribution is 2.35. The second-order valence-corrected chi connectivity index (χ2v) is 11.7. The largest absolute Gasteiger partial charge is 0.481 e. The van der Waals surface area contributed by atoms with Crippen LogP contribution >= 0.6 is 0 Å². The Kier molecular flexibility index (Phi) is 9.66. The van der Waals surface area contributed by atoms with E-state index in [1.807, 2.05) is 42.5 Å². The molecule has 222 valence electrons. The predicted molar refractivity (Wildman–Crippen MR) is 162 cm³/mol. The molecule has 2 N–H and O–H groups in total. The maximum atomic E-state index is 14.1. The number of rotatable bonds is 11. The fourth-order valence-electron chi connectivity index (χ4n) is 6.45. The molecule has 1 heterocycles. The molecule has 2 saturated carbocycles. The lowest BCUT2D eigenvalue weighted by atomic mass is 9.83. The average molecular weight is 573 g/mol. The number of amides is 3. The summed E-state index contributed by atoms with van der Waals surface area (Å²) in [6.45, 7) is -0.328. The van der Waals surface area contributed by atoms with Crippen molar-refractivity contribution in [2.45, 2.75) is 77.0 Å². The summed E-state index contributed by atoms with van der Waals surface area (Å²) in [6, 6.07) is 14.5. The van der Waals surface area contributed by atoms with Crippen LogP contribution in [-0.4, -0.2) is 52.6 Å². The Balaban J connectivity index is 1.39. The lowest BCUT2D eigenvalue weighted by Crippen LogP contribution is -2.46. The molecule has 2 aliphatic carbocycles. The summed E-state index contributed by atoms with van der Waals surface area (Å²) in [5.74, 6) is -1.04. The van der Waals surface area contributed by atoms with Crippen molar-refractivity contribution in [2.24, 2.45) is 16.9 Å². The van der Waals surface area contributed by atoms with E-state index in [0.29, 0.717) is 24.2 Å². The topological polar surface area (TPSA) is 119 Å². The Morgan fingerprint density at radius 3 is 2.40 bits per heavy atom. The molecule has 0 bridgehead atoms. The van der Waals surface area contributed by atoms with Gasteiger partial charge in [0, 0.05) is 29.5 Å². The average Bonchev–Trinajstić information content (AvgIpc) is 3.50. The van der Waals surface area contributed by atoms with Gasteiger partial charge in [0.25, 0.3) is 0 Å². The highest BCUT2D eigenvalue weighted by Gasteiger charge is 2.36. The number of aryl methyl sites for hydroxylation is 1. The Hall–Kier alpha value is -4.01. The molecular formula is C33H40N4O5. The first-order valence-electron chi connectivity index (χ1n) is 15.3. The van der Waals surface area contributed by atoms with Crippen molar-refractivity contribution in [3.63, 3.8) is 0 Å². The van der Waals surface area contributed by atoms with Crippen LogP contribution in [0.3, 0.4) is 0 Å². The number of aliphatic carboxylic acids is 1. The number of fused-ring (bicyclic) bond motifs is 1. The quantitative estimate of drug-likeness (QED) is 0.341. The van der Waals surface area contributed by atoms with Crippen molar-refractivity contribution in [1.82, 2.24) is 5.01 Å². The lowest BCUT2D eigenvalue weighted by Gasteiger charge is -2.26. The third-order valence-corrected chi connectivity index (χ3v) is 8.63. The van der Waals surface area contributed by atoms with Gasteiger partial charge in [0.15, 0.2) is 5.78 Å². The number of benzene rings is 2. The van der Waals surface area contributed by atoms with Gasteiger partial charge in [-0.15, -0.1) is 0 Å². The number of carboxylic acids is 1. The Bertz CT molecular complexity index is 1340. The number of carbonyl (C=O) groups excluding carboxylic acids is 3. The molecule has 0 unspecified atom stereocenters. The fraction of sp³-hybridized carbons (Fsp3) is 0.485. The summed E-state index contributed by atoms with van der Waals surface area (Å²) in [6.07, 6.45) is 10.2. The van der Waals surface area contributed by atoms with E-state index in [1.165, 1.54) is 16.3 Å². The van der Waals surface area contributed by atoms with Crippen LogP contribution in [0.25, 0.3) is 0 Å². The van der Waals surface area contributed by atoms with Crippen molar-refractivity contribution in [3.8, 4) is 0 Å². The molecule has 2 fully saturated rings. The first kappa shape index (κ1) is 29.5. The van der Waals surface area contributed by atoms with Crippen LogP contribution in [0, 0.1) is 11.8 Å². The zero-order chi connectivity index (χ0) is 29.5. The number of urea groups is 1. The minimum Gasteiger partial charge on any atom is -0.481 e. The zero-order valence-electron chi connectivity index (χ0n) is 24.1. The molecular weight excluding hydrogens is 532 g/mol. The van der Waals surface area contributed by atoms with Crippen molar-refractivity contribution < 1.29 is 24.3 Å². The van der Waals surface area contributed by atoms with Crippen LogP contribution in [0.15, 0.2) is 53.6 Å². The van der Waals surface area contributed by atoms with E-state index < -0.39 is 17.9 Å². The smallest absolute Gasteiger partial charge is 0.345 e. The molecule has 42 heavy (non-hydrogen) atoms. The Labute approximate surface area is 247 Å². The second kappa shape index (κ2) is 13.8. The van der Waals surface area contributed by atoms with E-state index in [9.17, 15) is 19.2 Å². The number of hydrogen-bond acceptors (Lipinski definition) is 5. The van der Waals surface area contributed by atoms with Gasteiger partial charge in [0.1, 0.15) is 6.54 Å². The summed E-state index contributed by atoms with van der Waals surface area (Å²) in [7, 11) is 0. The fourth-order valence-corrected chi connectivity index (χ4v) is 6.45. The molecule has 0 saturated heterocycles. The summed E-state index contributed by atoms with van der Waals surface area (Å²) in [4.78, 5) is 53.1. The standard InChI is InChI=1S/C33H40N4O5/c38-29(24-12-4-5-13-24)21-36-28-18-7-6-17-27(28)32(25-14-2-1-3-15-25)35-37(33(36)42)22-30(39)34-26-16-8-10-23(20-26)11-9-19-31(40)41/h6-8,10,16-18,20,24-25H,1-5,9,11-15,19,21-22H2,(H,34,39)(H,40,41). The predicted octanol–water partition coefficient (Wildman–Crippen LogP) is 6.02. The molecule has 0 atom stereocenters. The van der Waals surface area contributed by atoms with Crippen molar-refractivity contribution in [1.29, 1.82) is 0 Å². The maximum Gasteiger partial charge on any atom is 0.345 e. The number of ketones is 1. The molecule has 9 heteroatoms. The molecule has 2 aromatic carbocycles. The van der Waals surface area contributed by atoms with Gasteiger partial charge in [-0.25, -0.2) is 9.80 Å².